The van der Waals surface area contributed by atoms with Crippen LogP contribution in [0.15, 0.2) is 30.3 Å². The highest BCUT2D eigenvalue weighted by Crippen LogP contribution is 2.21. The predicted molar refractivity (Wildman–Crippen MR) is 72.1 cm³/mol. The number of amides is 1. The number of hydrogen-bond donors (Lipinski definition) is 2. The topological polar surface area (TPSA) is 44.4 Å². The first-order valence-electron chi connectivity index (χ1n) is 6.83. The van der Waals surface area contributed by atoms with Gasteiger partial charge in [0.1, 0.15) is 6.04 Å². The first-order chi connectivity index (χ1) is 9.96. The van der Waals surface area contributed by atoms with Crippen molar-refractivity contribution in [3.05, 3.63) is 35.9 Å². The van der Waals surface area contributed by atoms with Crippen molar-refractivity contribution in [2.45, 2.75) is 31.6 Å². The molecule has 0 aromatic heterocycles. The van der Waals surface area contributed by atoms with E-state index in [1.807, 2.05) is 6.07 Å². The monoisotopic (exact) mass is 301 g/mol. The average molecular weight is 301 g/mol. The third-order valence-electron chi connectivity index (χ3n) is 3.33. The minimum Gasteiger partial charge on any atom is -0.337 e. The van der Waals surface area contributed by atoms with E-state index in [4.69, 9.17) is 0 Å². The van der Waals surface area contributed by atoms with E-state index in [0.29, 0.717) is 13.0 Å². The molecule has 116 valence electrons. The van der Waals surface area contributed by atoms with Gasteiger partial charge in [-0.3, -0.25) is 10.2 Å². The van der Waals surface area contributed by atoms with E-state index in [2.05, 4.69) is 10.9 Å². The molecular formula is C14H18F3N3O. The molecule has 0 spiro atoms. The normalized spacial score (nSPS) is 18.7. The number of nitrogens with one attached hydrogen (secondary N) is 2. The molecule has 1 aromatic carbocycles. The number of alkyl halides is 3. The molecule has 1 atom stereocenters. The molecule has 0 bridgehead atoms. The van der Waals surface area contributed by atoms with Crippen LogP contribution < -0.4 is 10.9 Å². The first kappa shape index (κ1) is 15.8. The Hall–Kier alpha value is -1.60. The lowest BCUT2D eigenvalue weighted by Gasteiger charge is -2.26. The summed E-state index contributed by atoms with van der Waals surface area (Å²) in [6.07, 6.45) is -4.68. The molecule has 1 aliphatic heterocycles. The second kappa shape index (κ2) is 6.91. The number of nitrogens with zero attached hydrogens (tertiary/aromatic N) is 1. The number of carbonyl (C=O) groups excluding carboxylic acids is 1. The fourth-order valence-corrected chi connectivity index (χ4v) is 2.22. The molecule has 2 rings (SSSR count). The SMILES string of the molecule is O=C(C1CCNN1)N(CCC(F)(F)F)Cc1ccccc1. The minimum atomic E-state index is -4.27. The van der Waals surface area contributed by atoms with Gasteiger partial charge in [0.15, 0.2) is 0 Å². The van der Waals surface area contributed by atoms with Crippen LogP contribution in [0.2, 0.25) is 0 Å². The maximum atomic E-state index is 12.4. The largest absolute Gasteiger partial charge is 0.390 e. The highest BCUT2D eigenvalue weighted by atomic mass is 19.4. The maximum Gasteiger partial charge on any atom is 0.390 e. The van der Waals surface area contributed by atoms with Crippen LogP contribution in [-0.2, 0) is 11.3 Å². The van der Waals surface area contributed by atoms with Crippen molar-refractivity contribution < 1.29 is 18.0 Å². The van der Waals surface area contributed by atoms with Crippen LogP contribution in [-0.4, -0.2) is 36.1 Å². The summed E-state index contributed by atoms with van der Waals surface area (Å²) in [5, 5.41) is 0. The molecular weight excluding hydrogens is 283 g/mol. The Kier molecular flexibility index (Phi) is 5.19. The molecule has 7 heteroatoms. The lowest BCUT2D eigenvalue weighted by molar-refractivity contribution is -0.147. The second-order valence-electron chi connectivity index (χ2n) is 5.02. The van der Waals surface area contributed by atoms with Crippen molar-refractivity contribution in [3.63, 3.8) is 0 Å². The lowest BCUT2D eigenvalue weighted by atomic mass is 10.1. The summed E-state index contributed by atoms with van der Waals surface area (Å²) in [5.41, 5.74) is 6.44. The molecule has 0 saturated carbocycles. The summed E-state index contributed by atoms with van der Waals surface area (Å²) >= 11 is 0. The predicted octanol–water partition coefficient (Wildman–Crippen LogP) is 1.83. The molecule has 1 heterocycles. The van der Waals surface area contributed by atoms with Gasteiger partial charge in [-0.15, -0.1) is 0 Å². The number of hydrogen-bond acceptors (Lipinski definition) is 3. The zero-order chi connectivity index (χ0) is 15.3. The van der Waals surface area contributed by atoms with Crippen LogP contribution in [0.25, 0.3) is 0 Å². The third kappa shape index (κ3) is 5.02. The Morgan fingerprint density at radius 2 is 2.00 bits per heavy atom. The molecule has 4 nitrogen and oxygen atoms in total. The Morgan fingerprint density at radius 1 is 1.29 bits per heavy atom. The van der Waals surface area contributed by atoms with Crippen LogP contribution in [0.5, 0.6) is 0 Å². The maximum absolute atomic E-state index is 12.4. The van der Waals surface area contributed by atoms with Crippen LogP contribution in [0.3, 0.4) is 0 Å². The van der Waals surface area contributed by atoms with Gasteiger partial charge >= 0.3 is 6.18 Å². The fourth-order valence-electron chi connectivity index (χ4n) is 2.22. The number of halogens is 3. The van der Waals surface area contributed by atoms with Gasteiger partial charge in [-0.1, -0.05) is 30.3 Å². The van der Waals surface area contributed by atoms with Crippen molar-refractivity contribution in [2.24, 2.45) is 0 Å². The smallest absolute Gasteiger partial charge is 0.337 e. The van der Waals surface area contributed by atoms with Crippen LogP contribution >= 0.6 is 0 Å². The Labute approximate surface area is 121 Å². The molecule has 0 aliphatic carbocycles. The molecule has 1 fully saturated rings. The molecule has 0 radical (unpaired) electrons. The average Bonchev–Trinajstić information content (AvgIpc) is 2.97. The van der Waals surface area contributed by atoms with Crippen LogP contribution in [0, 0.1) is 0 Å². The molecule has 1 aromatic rings. The number of hydrazine groups is 1. The van der Waals surface area contributed by atoms with Crippen molar-refractivity contribution in [1.29, 1.82) is 0 Å². The Bertz CT molecular complexity index is 458. The summed E-state index contributed by atoms with van der Waals surface area (Å²) in [6, 6.07) is 8.58. The molecule has 1 unspecified atom stereocenters. The van der Waals surface area contributed by atoms with Crippen molar-refractivity contribution >= 4 is 5.91 Å². The van der Waals surface area contributed by atoms with Gasteiger partial charge in [0.2, 0.25) is 5.91 Å². The third-order valence-corrected chi connectivity index (χ3v) is 3.33. The van der Waals surface area contributed by atoms with Crippen molar-refractivity contribution in [1.82, 2.24) is 15.8 Å². The zero-order valence-corrected chi connectivity index (χ0v) is 11.5. The van der Waals surface area contributed by atoms with Crippen LogP contribution in [0.4, 0.5) is 13.2 Å². The van der Waals surface area contributed by atoms with Gasteiger partial charge in [0, 0.05) is 19.6 Å². The highest BCUT2D eigenvalue weighted by Gasteiger charge is 2.32. The Balaban J connectivity index is 2.03. The van der Waals surface area contributed by atoms with Gasteiger partial charge in [0.05, 0.1) is 6.42 Å². The molecule has 1 aliphatic rings. The van der Waals surface area contributed by atoms with Crippen LogP contribution in [0.1, 0.15) is 18.4 Å². The molecule has 1 saturated heterocycles. The molecule has 2 N–H and O–H groups in total. The van der Waals surface area contributed by atoms with Gasteiger partial charge in [-0.2, -0.15) is 13.2 Å². The van der Waals surface area contributed by atoms with Crippen molar-refractivity contribution in [2.75, 3.05) is 13.1 Å². The van der Waals surface area contributed by atoms with E-state index >= 15 is 0 Å². The van der Waals surface area contributed by atoms with E-state index in [1.165, 1.54) is 4.90 Å². The van der Waals surface area contributed by atoms with Gasteiger partial charge in [-0.05, 0) is 12.0 Å². The zero-order valence-electron chi connectivity index (χ0n) is 11.5. The molecule has 21 heavy (non-hydrogen) atoms. The first-order valence-corrected chi connectivity index (χ1v) is 6.83. The number of rotatable bonds is 5. The molecule has 1 amide bonds. The quantitative estimate of drug-likeness (QED) is 0.872. The van der Waals surface area contributed by atoms with E-state index < -0.39 is 18.6 Å². The van der Waals surface area contributed by atoms with Crippen molar-refractivity contribution in [3.8, 4) is 0 Å². The number of benzene rings is 1. The Morgan fingerprint density at radius 3 is 2.57 bits per heavy atom. The highest BCUT2D eigenvalue weighted by molar-refractivity contribution is 5.82. The van der Waals surface area contributed by atoms with E-state index in [1.54, 1.807) is 24.3 Å². The van der Waals surface area contributed by atoms with E-state index in [9.17, 15) is 18.0 Å². The van der Waals surface area contributed by atoms with Gasteiger partial charge in [0.25, 0.3) is 0 Å². The summed E-state index contributed by atoms with van der Waals surface area (Å²) in [7, 11) is 0. The van der Waals surface area contributed by atoms with E-state index in [-0.39, 0.29) is 19.0 Å². The summed E-state index contributed by atoms with van der Waals surface area (Å²) < 4.78 is 37.3. The summed E-state index contributed by atoms with van der Waals surface area (Å²) in [6.45, 7) is 0.498. The summed E-state index contributed by atoms with van der Waals surface area (Å²) in [5.74, 6) is -0.298. The van der Waals surface area contributed by atoms with E-state index in [0.717, 1.165) is 5.56 Å². The second-order valence-corrected chi connectivity index (χ2v) is 5.02. The number of carbonyl (C=O) groups is 1. The standard InChI is InChI=1S/C14H18F3N3O/c15-14(16,17)7-9-20(10-11-4-2-1-3-5-11)13(21)12-6-8-18-19-12/h1-5,12,18-19H,6-10H2. The fraction of sp³-hybridized carbons (Fsp3) is 0.500. The van der Waals surface area contributed by atoms with Gasteiger partial charge in [-0.25, -0.2) is 5.43 Å². The minimum absolute atomic E-state index is 0.188. The lowest BCUT2D eigenvalue weighted by Crippen LogP contribution is -2.46. The van der Waals surface area contributed by atoms with Gasteiger partial charge < -0.3 is 4.90 Å². The summed E-state index contributed by atoms with van der Waals surface area (Å²) in [4.78, 5) is 13.6.